The third-order valence-electron chi connectivity index (χ3n) is 2.96. The van der Waals surface area contributed by atoms with Crippen LogP contribution in [-0.4, -0.2) is 21.5 Å². The molecule has 0 radical (unpaired) electrons. The normalized spacial score (nSPS) is 11.0. The fraction of sp³-hybridized carbons (Fsp3) is 0.133. The molecule has 0 spiro atoms. The smallest absolute Gasteiger partial charge is 0.339 e. The van der Waals surface area contributed by atoms with E-state index in [1.165, 1.54) is 37.4 Å². The Morgan fingerprint density at radius 2 is 1.77 bits per heavy atom. The predicted octanol–water partition coefficient (Wildman–Crippen LogP) is 3.24. The summed E-state index contributed by atoms with van der Waals surface area (Å²) >= 11 is 5.96. The van der Waals surface area contributed by atoms with Crippen molar-refractivity contribution in [2.45, 2.75) is 11.8 Å². The summed E-state index contributed by atoms with van der Waals surface area (Å²) in [5, 5.41) is 0.107. The van der Waals surface area contributed by atoms with Gasteiger partial charge in [0.15, 0.2) is 0 Å². The van der Waals surface area contributed by atoms with Gasteiger partial charge in [-0.05, 0) is 37.3 Å². The Labute approximate surface area is 133 Å². The highest BCUT2D eigenvalue weighted by Crippen LogP contribution is 2.24. The van der Waals surface area contributed by atoms with E-state index >= 15 is 0 Å². The van der Waals surface area contributed by atoms with E-state index in [-0.39, 0.29) is 21.2 Å². The Morgan fingerprint density at radius 1 is 1.14 bits per heavy atom. The lowest BCUT2D eigenvalue weighted by Crippen LogP contribution is -2.13. The fourth-order valence-electron chi connectivity index (χ4n) is 1.79. The number of methoxy groups -OCH3 is 1. The maximum Gasteiger partial charge on any atom is 0.339 e. The maximum absolute atomic E-state index is 12.3. The lowest BCUT2D eigenvalue weighted by Gasteiger charge is -2.10. The van der Waals surface area contributed by atoms with Crippen molar-refractivity contribution < 1.29 is 17.9 Å². The highest BCUT2D eigenvalue weighted by Gasteiger charge is 2.16. The molecular formula is C15H14ClNO4S. The predicted molar refractivity (Wildman–Crippen MR) is 84.8 cm³/mol. The van der Waals surface area contributed by atoms with Crippen molar-refractivity contribution in [3.05, 3.63) is 58.6 Å². The molecule has 0 saturated carbocycles. The molecule has 5 nitrogen and oxygen atoms in total. The van der Waals surface area contributed by atoms with Crippen LogP contribution in [0.1, 0.15) is 15.9 Å². The maximum atomic E-state index is 12.3. The van der Waals surface area contributed by atoms with Gasteiger partial charge in [0.1, 0.15) is 0 Å². The molecule has 2 rings (SSSR count). The highest BCUT2D eigenvalue weighted by atomic mass is 35.5. The molecule has 0 fully saturated rings. The van der Waals surface area contributed by atoms with Crippen LogP contribution in [0.15, 0.2) is 47.4 Å². The van der Waals surface area contributed by atoms with E-state index in [0.717, 1.165) is 5.56 Å². The Hall–Kier alpha value is -2.05. The van der Waals surface area contributed by atoms with Gasteiger partial charge in [-0.25, -0.2) is 13.2 Å². The molecule has 0 saturated heterocycles. The van der Waals surface area contributed by atoms with Crippen LogP contribution in [0.25, 0.3) is 0 Å². The van der Waals surface area contributed by atoms with E-state index in [1.54, 1.807) is 12.1 Å². The number of esters is 1. The minimum Gasteiger partial charge on any atom is -0.465 e. The van der Waals surface area contributed by atoms with Crippen LogP contribution < -0.4 is 4.72 Å². The standard InChI is InChI=1S/C15H14ClNO4S/c1-10-3-6-12(7-4-10)22(19,20)17-11-5-8-13(14(16)9-11)15(18)21-2/h3-9,17H,1-2H3. The van der Waals surface area contributed by atoms with E-state index < -0.39 is 16.0 Å². The van der Waals surface area contributed by atoms with Gasteiger partial charge >= 0.3 is 5.97 Å². The summed E-state index contributed by atoms with van der Waals surface area (Å²) in [5.74, 6) is -0.585. The summed E-state index contributed by atoms with van der Waals surface area (Å²) in [4.78, 5) is 11.6. The number of hydrogen-bond donors (Lipinski definition) is 1. The summed E-state index contributed by atoms with van der Waals surface area (Å²) in [5.41, 5.74) is 1.39. The number of rotatable bonds is 4. The molecule has 0 bridgehead atoms. The first-order valence-electron chi connectivity index (χ1n) is 6.31. The molecule has 0 unspecified atom stereocenters. The van der Waals surface area contributed by atoms with Crippen molar-refractivity contribution in [2.75, 3.05) is 11.8 Å². The van der Waals surface area contributed by atoms with E-state index in [4.69, 9.17) is 11.6 Å². The zero-order valence-electron chi connectivity index (χ0n) is 12.0. The number of halogens is 1. The van der Waals surface area contributed by atoms with E-state index in [0.29, 0.717) is 0 Å². The average Bonchev–Trinajstić information content (AvgIpc) is 2.46. The second kappa shape index (κ2) is 6.37. The first kappa shape index (κ1) is 16.3. The molecule has 0 amide bonds. The molecule has 0 aliphatic carbocycles. The van der Waals surface area contributed by atoms with Crippen LogP contribution in [0.5, 0.6) is 0 Å². The highest BCUT2D eigenvalue weighted by molar-refractivity contribution is 7.92. The summed E-state index contributed by atoms with van der Waals surface area (Å²) < 4.78 is 31.5. The number of ether oxygens (including phenoxy) is 1. The molecular weight excluding hydrogens is 326 g/mol. The van der Waals surface area contributed by atoms with Gasteiger partial charge in [-0.15, -0.1) is 0 Å². The lowest BCUT2D eigenvalue weighted by molar-refractivity contribution is 0.0601. The number of sulfonamides is 1. The molecule has 0 heterocycles. The fourth-order valence-corrected chi connectivity index (χ4v) is 3.09. The molecule has 7 heteroatoms. The zero-order valence-corrected chi connectivity index (χ0v) is 13.5. The molecule has 22 heavy (non-hydrogen) atoms. The first-order chi connectivity index (χ1) is 10.3. The number of hydrogen-bond acceptors (Lipinski definition) is 4. The Morgan fingerprint density at radius 3 is 2.32 bits per heavy atom. The second-order valence-electron chi connectivity index (χ2n) is 4.60. The number of anilines is 1. The Bertz CT molecular complexity index is 801. The SMILES string of the molecule is COC(=O)c1ccc(NS(=O)(=O)c2ccc(C)cc2)cc1Cl. The molecule has 0 aliphatic rings. The Kier molecular flexibility index (Phi) is 4.73. The van der Waals surface area contributed by atoms with Gasteiger partial charge in [0, 0.05) is 0 Å². The van der Waals surface area contributed by atoms with Crippen LogP contribution in [0.4, 0.5) is 5.69 Å². The first-order valence-corrected chi connectivity index (χ1v) is 8.17. The van der Waals surface area contributed by atoms with Gasteiger partial charge in [-0.2, -0.15) is 0 Å². The third kappa shape index (κ3) is 3.58. The van der Waals surface area contributed by atoms with Crippen molar-refractivity contribution >= 4 is 33.3 Å². The zero-order chi connectivity index (χ0) is 16.3. The largest absolute Gasteiger partial charge is 0.465 e. The van der Waals surface area contributed by atoms with Gasteiger partial charge in [-0.3, -0.25) is 4.72 Å². The van der Waals surface area contributed by atoms with E-state index in [2.05, 4.69) is 9.46 Å². The number of aryl methyl sites for hydroxylation is 1. The van der Waals surface area contributed by atoms with Crippen LogP contribution in [-0.2, 0) is 14.8 Å². The van der Waals surface area contributed by atoms with Crippen molar-refractivity contribution in [3.8, 4) is 0 Å². The van der Waals surface area contributed by atoms with Gasteiger partial charge in [-0.1, -0.05) is 29.3 Å². The molecule has 0 atom stereocenters. The molecule has 116 valence electrons. The van der Waals surface area contributed by atoms with Crippen molar-refractivity contribution in [1.29, 1.82) is 0 Å². The minimum absolute atomic E-state index is 0.107. The number of nitrogens with one attached hydrogen (secondary N) is 1. The van der Waals surface area contributed by atoms with E-state index in [1.807, 2.05) is 6.92 Å². The topological polar surface area (TPSA) is 72.5 Å². The summed E-state index contributed by atoms with van der Waals surface area (Å²) in [6.45, 7) is 1.87. The van der Waals surface area contributed by atoms with E-state index in [9.17, 15) is 13.2 Å². The molecule has 2 aromatic carbocycles. The summed E-state index contributed by atoms with van der Waals surface area (Å²) in [6, 6.07) is 10.7. The van der Waals surface area contributed by atoms with Gasteiger partial charge in [0.05, 0.1) is 28.3 Å². The Balaban J connectivity index is 2.28. The molecule has 0 aromatic heterocycles. The van der Waals surface area contributed by atoms with Crippen molar-refractivity contribution in [2.24, 2.45) is 0 Å². The average molecular weight is 340 g/mol. The number of benzene rings is 2. The van der Waals surface area contributed by atoms with Crippen molar-refractivity contribution in [3.63, 3.8) is 0 Å². The van der Waals surface area contributed by atoms with Gasteiger partial charge < -0.3 is 4.74 Å². The van der Waals surface area contributed by atoms with Crippen LogP contribution in [0, 0.1) is 6.92 Å². The van der Waals surface area contributed by atoms with Crippen molar-refractivity contribution in [1.82, 2.24) is 0 Å². The van der Waals surface area contributed by atoms with Crippen LogP contribution in [0.3, 0.4) is 0 Å². The van der Waals surface area contributed by atoms with Crippen LogP contribution in [0.2, 0.25) is 5.02 Å². The number of carbonyl (C=O) groups excluding carboxylic acids is 1. The monoisotopic (exact) mass is 339 g/mol. The van der Waals surface area contributed by atoms with Gasteiger partial charge in [0.25, 0.3) is 10.0 Å². The lowest BCUT2D eigenvalue weighted by atomic mass is 10.2. The quantitative estimate of drug-likeness (QED) is 0.868. The van der Waals surface area contributed by atoms with Gasteiger partial charge in [0.2, 0.25) is 0 Å². The second-order valence-corrected chi connectivity index (χ2v) is 6.69. The number of carbonyl (C=O) groups is 1. The third-order valence-corrected chi connectivity index (χ3v) is 4.67. The molecule has 0 aliphatic heterocycles. The summed E-state index contributed by atoms with van der Waals surface area (Å²) in [6.07, 6.45) is 0. The molecule has 2 aromatic rings. The summed E-state index contributed by atoms with van der Waals surface area (Å²) in [7, 11) is -2.47. The van der Waals surface area contributed by atoms with Crippen LogP contribution >= 0.6 is 11.6 Å². The minimum atomic E-state index is -3.71. The molecule has 1 N–H and O–H groups in total.